The summed E-state index contributed by atoms with van der Waals surface area (Å²) in [5.41, 5.74) is -1.11. The largest absolute Gasteiger partial charge is 0.495 e. The number of hydrogen-bond acceptors (Lipinski definition) is 4. The molecule has 0 aliphatic carbocycles. The van der Waals surface area contributed by atoms with Crippen molar-refractivity contribution in [1.29, 1.82) is 0 Å². The number of benzene rings is 1. The third-order valence-corrected chi connectivity index (χ3v) is 4.07. The molecule has 1 aromatic carbocycles. The fourth-order valence-corrected chi connectivity index (χ4v) is 2.69. The molecule has 2 heterocycles. The molecule has 29 heavy (non-hydrogen) atoms. The van der Waals surface area contributed by atoms with Gasteiger partial charge in [-0.15, -0.1) is 0 Å². The van der Waals surface area contributed by atoms with E-state index in [1.807, 2.05) is 0 Å². The van der Waals surface area contributed by atoms with Crippen molar-refractivity contribution < 1.29 is 31.5 Å². The second-order valence-electron chi connectivity index (χ2n) is 6.31. The Morgan fingerprint density at radius 3 is 2.41 bits per heavy atom. The number of fused-ring (bicyclic) bond motifs is 1. The summed E-state index contributed by atoms with van der Waals surface area (Å²) in [6, 6.07) is 6.58. The summed E-state index contributed by atoms with van der Waals surface area (Å²) >= 11 is 0. The number of nitrogens with zero attached hydrogens (tertiary/aromatic N) is 3. The van der Waals surface area contributed by atoms with Crippen LogP contribution in [0.25, 0.3) is 5.65 Å². The van der Waals surface area contributed by atoms with E-state index in [1.165, 1.54) is 14.0 Å². The van der Waals surface area contributed by atoms with Gasteiger partial charge in [-0.05, 0) is 37.6 Å². The van der Waals surface area contributed by atoms with Crippen molar-refractivity contribution in [2.24, 2.45) is 0 Å². The van der Waals surface area contributed by atoms with Gasteiger partial charge < -0.3 is 10.1 Å². The second kappa shape index (κ2) is 6.98. The predicted octanol–water partition coefficient (Wildman–Crippen LogP) is 4.26. The summed E-state index contributed by atoms with van der Waals surface area (Å²) in [4.78, 5) is 16.4. The van der Waals surface area contributed by atoms with Gasteiger partial charge in [-0.1, -0.05) is 6.07 Å². The van der Waals surface area contributed by atoms with Crippen LogP contribution in [-0.4, -0.2) is 33.8 Å². The zero-order valence-electron chi connectivity index (χ0n) is 15.4. The van der Waals surface area contributed by atoms with E-state index in [1.54, 1.807) is 25.1 Å². The molecule has 1 amide bonds. The SMILES string of the molecule is COc1ccc(C)cc1NC(=O)c1cc2nc(C)cc(C(F)(F)C(F)(F)F)n2n1. The van der Waals surface area contributed by atoms with E-state index in [0.29, 0.717) is 22.0 Å². The van der Waals surface area contributed by atoms with Crippen LogP contribution in [-0.2, 0) is 5.92 Å². The first kappa shape index (κ1) is 20.5. The maximum Gasteiger partial charge on any atom is 0.459 e. The number of methoxy groups -OCH3 is 1. The smallest absolute Gasteiger partial charge is 0.459 e. The molecule has 2 aromatic heterocycles. The molecule has 0 saturated heterocycles. The highest BCUT2D eigenvalue weighted by molar-refractivity contribution is 6.04. The molecule has 0 saturated carbocycles. The first-order chi connectivity index (χ1) is 13.4. The zero-order chi connectivity index (χ0) is 21.6. The summed E-state index contributed by atoms with van der Waals surface area (Å²) in [6.07, 6.45) is -5.84. The van der Waals surface area contributed by atoms with Crippen LogP contribution in [0, 0.1) is 13.8 Å². The monoisotopic (exact) mass is 414 g/mol. The van der Waals surface area contributed by atoms with Gasteiger partial charge in [0.1, 0.15) is 11.4 Å². The molecule has 6 nitrogen and oxygen atoms in total. The second-order valence-corrected chi connectivity index (χ2v) is 6.31. The van der Waals surface area contributed by atoms with Gasteiger partial charge in [-0.3, -0.25) is 4.79 Å². The van der Waals surface area contributed by atoms with Gasteiger partial charge >= 0.3 is 12.1 Å². The van der Waals surface area contributed by atoms with Gasteiger partial charge in [0, 0.05) is 11.8 Å². The Morgan fingerprint density at radius 1 is 1.10 bits per heavy atom. The topological polar surface area (TPSA) is 68.5 Å². The van der Waals surface area contributed by atoms with E-state index in [2.05, 4.69) is 15.4 Å². The Kier molecular flexibility index (Phi) is 4.93. The first-order valence-electron chi connectivity index (χ1n) is 8.22. The number of rotatable bonds is 4. The quantitative estimate of drug-likeness (QED) is 0.648. The highest BCUT2D eigenvalue weighted by Gasteiger charge is 2.60. The highest BCUT2D eigenvalue weighted by atomic mass is 19.4. The van der Waals surface area contributed by atoms with Crippen LogP contribution in [0.4, 0.5) is 27.6 Å². The lowest BCUT2D eigenvalue weighted by molar-refractivity contribution is -0.291. The van der Waals surface area contributed by atoms with E-state index in [4.69, 9.17) is 4.74 Å². The molecule has 0 fully saturated rings. The molecule has 3 aromatic rings. The fraction of sp³-hybridized carbons (Fsp3) is 0.278. The molecule has 1 N–H and O–H groups in total. The third-order valence-electron chi connectivity index (χ3n) is 4.07. The van der Waals surface area contributed by atoms with Crippen molar-refractivity contribution in [3.63, 3.8) is 0 Å². The van der Waals surface area contributed by atoms with Gasteiger partial charge in [-0.25, -0.2) is 9.50 Å². The van der Waals surface area contributed by atoms with Crippen molar-refractivity contribution in [1.82, 2.24) is 14.6 Å². The van der Waals surface area contributed by atoms with Gasteiger partial charge in [0.2, 0.25) is 0 Å². The lowest BCUT2D eigenvalue weighted by atomic mass is 10.2. The number of aromatic nitrogens is 3. The summed E-state index contributed by atoms with van der Waals surface area (Å²) < 4.78 is 71.9. The Balaban J connectivity index is 2.06. The predicted molar refractivity (Wildman–Crippen MR) is 93.4 cm³/mol. The van der Waals surface area contributed by atoms with Crippen LogP contribution >= 0.6 is 0 Å². The molecular formula is C18H15F5N4O2. The third kappa shape index (κ3) is 3.71. The number of alkyl halides is 5. The lowest BCUT2D eigenvalue weighted by Gasteiger charge is -2.20. The fourth-order valence-electron chi connectivity index (χ4n) is 2.69. The molecular weight excluding hydrogens is 399 g/mol. The number of carbonyl (C=O) groups is 1. The Labute approximate surface area is 161 Å². The van der Waals surface area contributed by atoms with E-state index in [9.17, 15) is 26.7 Å². The average Bonchev–Trinajstić information content (AvgIpc) is 3.04. The van der Waals surface area contributed by atoms with Crippen molar-refractivity contribution in [2.75, 3.05) is 12.4 Å². The minimum atomic E-state index is -5.84. The van der Waals surface area contributed by atoms with E-state index in [-0.39, 0.29) is 17.0 Å². The van der Waals surface area contributed by atoms with Crippen LogP contribution in [0.2, 0.25) is 0 Å². The molecule has 0 aliphatic rings. The molecule has 0 radical (unpaired) electrons. The molecule has 0 atom stereocenters. The summed E-state index contributed by atoms with van der Waals surface area (Å²) in [5, 5.41) is 6.13. The molecule has 0 aliphatic heterocycles. The van der Waals surface area contributed by atoms with Crippen molar-refractivity contribution >= 4 is 17.2 Å². The van der Waals surface area contributed by atoms with E-state index in [0.717, 1.165) is 11.6 Å². The number of anilines is 1. The maximum atomic E-state index is 13.9. The zero-order valence-corrected chi connectivity index (χ0v) is 15.4. The Bertz CT molecular complexity index is 1090. The van der Waals surface area contributed by atoms with Crippen LogP contribution in [0.15, 0.2) is 30.3 Å². The Hall–Kier alpha value is -3.24. The van der Waals surface area contributed by atoms with Gasteiger partial charge in [0.05, 0.1) is 12.8 Å². The van der Waals surface area contributed by atoms with E-state index >= 15 is 0 Å². The van der Waals surface area contributed by atoms with E-state index < -0.39 is 23.7 Å². The lowest BCUT2D eigenvalue weighted by Crippen LogP contribution is -2.36. The summed E-state index contributed by atoms with van der Waals surface area (Å²) in [6.45, 7) is 3.04. The number of carbonyl (C=O) groups excluding carboxylic acids is 1. The number of hydrogen-bond donors (Lipinski definition) is 1. The summed E-state index contributed by atoms with van der Waals surface area (Å²) in [5.74, 6) is -5.66. The molecule has 11 heteroatoms. The molecule has 0 spiro atoms. The first-order valence-corrected chi connectivity index (χ1v) is 8.22. The highest BCUT2D eigenvalue weighted by Crippen LogP contribution is 2.43. The van der Waals surface area contributed by atoms with Crippen molar-refractivity contribution in [3.8, 4) is 5.75 Å². The number of ether oxygens (including phenoxy) is 1. The minimum Gasteiger partial charge on any atom is -0.495 e. The summed E-state index contributed by atoms with van der Waals surface area (Å²) in [7, 11) is 1.39. The van der Waals surface area contributed by atoms with Gasteiger partial charge in [0.25, 0.3) is 5.91 Å². The van der Waals surface area contributed by atoms with Crippen LogP contribution in [0.3, 0.4) is 0 Å². The van der Waals surface area contributed by atoms with Crippen LogP contribution < -0.4 is 10.1 Å². The standard InChI is InChI=1S/C18H15F5N4O2/c1-9-4-5-13(29-3)11(6-9)25-16(28)12-8-15-24-10(2)7-14(27(15)26-12)17(19,20)18(21,22)23/h4-8H,1-3H3,(H,25,28). The van der Waals surface area contributed by atoms with Crippen LogP contribution in [0.5, 0.6) is 5.75 Å². The number of nitrogens with one attached hydrogen (secondary N) is 1. The van der Waals surface area contributed by atoms with Gasteiger partial charge in [-0.2, -0.15) is 27.1 Å². The molecule has 0 bridgehead atoms. The molecule has 0 unspecified atom stereocenters. The maximum absolute atomic E-state index is 13.9. The van der Waals surface area contributed by atoms with Crippen molar-refractivity contribution in [3.05, 3.63) is 53.0 Å². The number of amides is 1. The minimum absolute atomic E-state index is 0.0800. The van der Waals surface area contributed by atoms with Crippen LogP contribution in [0.1, 0.15) is 27.4 Å². The molecule has 3 rings (SSSR count). The normalized spacial score (nSPS) is 12.3. The van der Waals surface area contributed by atoms with Crippen molar-refractivity contribution in [2.45, 2.75) is 25.9 Å². The average molecular weight is 414 g/mol. The Morgan fingerprint density at radius 2 is 1.79 bits per heavy atom. The molecule has 154 valence electrons. The number of aryl methyl sites for hydroxylation is 2. The number of halogens is 5. The van der Waals surface area contributed by atoms with Gasteiger partial charge in [0.15, 0.2) is 11.3 Å².